The van der Waals surface area contributed by atoms with E-state index in [1.807, 2.05) is 0 Å². The topological polar surface area (TPSA) is 77.5 Å². The monoisotopic (exact) mass is 250 g/mol. The fourth-order valence-corrected chi connectivity index (χ4v) is 1.32. The van der Waals surface area contributed by atoms with E-state index in [1.165, 1.54) is 12.2 Å². The Morgan fingerprint density at radius 1 is 0.944 bits per heavy atom. The van der Waals surface area contributed by atoms with Crippen LogP contribution in [-0.2, 0) is 23.9 Å². The van der Waals surface area contributed by atoms with E-state index >= 15 is 0 Å². The maximum absolute atomic E-state index is 11.3. The molecule has 0 atom stereocenters. The highest BCUT2D eigenvalue weighted by atomic mass is 16.5. The second kappa shape index (κ2) is 7.32. The molecule has 1 rings (SSSR count). The average molecular weight is 250 g/mol. The van der Waals surface area contributed by atoms with Crippen molar-refractivity contribution in [3.63, 3.8) is 0 Å². The van der Waals surface area contributed by atoms with Crippen molar-refractivity contribution in [2.45, 2.75) is 25.7 Å². The number of ketones is 3. The molecular weight excluding hydrogens is 236 g/mol. The van der Waals surface area contributed by atoms with E-state index in [0.29, 0.717) is 0 Å². The summed E-state index contributed by atoms with van der Waals surface area (Å²) >= 11 is 0. The van der Waals surface area contributed by atoms with Crippen molar-refractivity contribution in [2.24, 2.45) is 0 Å². The van der Waals surface area contributed by atoms with Gasteiger partial charge in [-0.3, -0.25) is 19.2 Å². The highest BCUT2D eigenvalue weighted by Gasteiger charge is 2.12. The molecule has 1 aliphatic rings. The largest absolute Gasteiger partial charge is 0.458 e. The zero-order valence-corrected chi connectivity index (χ0v) is 9.89. The van der Waals surface area contributed by atoms with E-state index in [1.54, 1.807) is 12.2 Å². The molecule has 0 amide bonds. The van der Waals surface area contributed by atoms with E-state index in [9.17, 15) is 19.2 Å². The molecule has 5 heteroatoms. The van der Waals surface area contributed by atoms with Crippen molar-refractivity contribution < 1.29 is 23.9 Å². The van der Waals surface area contributed by atoms with Gasteiger partial charge in [-0.05, 0) is 6.08 Å². The number of hydrogen-bond acceptors (Lipinski definition) is 5. The van der Waals surface area contributed by atoms with Crippen LogP contribution in [0.1, 0.15) is 25.7 Å². The fourth-order valence-electron chi connectivity index (χ4n) is 1.32. The van der Waals surface area contributed by atoms with Crippen molar-refractivity contribution in [1.82, 2.24) is 0 Å². The average Bonchev–Trinajstić information content (AvgIpc) is 2.32. The lowest BCUT2D eigenvalue weighted by Gasteiger charge is -2.03. The normalized spacial score (nSPS) is 23.1. The molecule has 0 fully saturated rings. The van der Waals surface area contributed by atoms with E-state index in [2.05, 4.69) is 4.74 Å². The Balaban J connectivity index is 2.66. The van der Waals surface area contributed by atoms with Gasteiger partial charge in [0, 0.05) is 12.8 Å². The Bertz CT molecular complexity index is 417. The molecule has 0 saturated heterocycles. The van der Waals surface area contributed by atoms with E-state index < -0.39 is 18.4 Å². The summed E-state index contributed by atoms with van der Waals surface area (Å²) in [6, 6.07) is 0. The van der Waals surface area contributed by atoms with Crippen LogP contribution >= 0.6 is 0 Å². The Morgan fingerprint density at radius 3 is 2.50 bits per heavy atom. The molecule has 0 aliphatic carbocycles. The zero-order chi connectivity index (χ0) is 13.4. The lowest BCUT2D eigenvalue weighted by molar-refractivity contribution is -0.149. The number of rotatable bonds is 0. The highest BCUT2D eigenvalue weighted by Crippen LogP contribution is 2.01. The number of allylic oxidation sites excluding steroid dienone is 4. The first-order chi connectivity index (χ1) is 8.58. The minimum Gasteiger partial charge on any atom is -0.458 e. The molecule has 0 saturated carbocycles. The maximum atomic E-state index is 11.3. The molecule has 1 heterocycles. The van der Waals surface area contributed by atoms with Crippen LogP contribution < -0.4 is 0 Å². The van der Waals surface area contributed by atoms with Crippen LogP contribution in [0.3, 0.4) is 0 Å². The van der Waals surface area contributed by atoms with Crippen LogP contribution in [0.4, 0.5) is 0 Å². The number of esters is 1. The number of hydrogen-bond donors (Lipinski definition) is 0. The molecule has 96 valence electrons. The van der Waals surface area contributed by atoms with Gasteiger partial charge >= 0.3 is 5.97 Å². The first-order valence-electron chi connectivity index (χ1n) is 5.63. The van der Waals surface area contributed by atoms with Gasteiger partial charge in [0.05, 0.1) is 12.8 Å². The molecular formula is C13H14O5. The Morgan fingerprint density at radius 2 is 1.72 bits per heavy atom. The standard InChI is InChI=1S/C13H14O5/c14-10-4-2-1-3-5-11(15)8-12(16)9-18-13(17)7-6-10/h1-3,5H,4,6-9H2/b2-1-,5-3-. The van der Waals surface area contributed by atoms with Gasteiger partial charge in [0.1, 0.15) is 12.4 Å². The molecule has 0 unspecified atom stereocenters. The molecule has 0 bridgehead atoms. The molecule has 0 aromatic carbocycles. The quantitative estimate of drug-likeness (QED) is 0.472. The smallest absolute Gasteiger partial charge is 0.306 e. The van der Waals surface area contributed by atoms with Gasteiger partial charge in [0.2, 0.25) is 0 Å². The summed E-state index contributed by atoms with van der Waals surface area (Å²) in [4.78, 5) is 45.0. The minimum absolute atomic E-state index is 0.0380. The van der Waals surface area contributed by atoms with Crippen LogP contribution in [0.15, 0.2) is 24.3 Å². The second-order valence-electron chi connectivity index (χ2n) is 3.87. The van der Waals surface area contributed by atoms with Gasteiger partial charge in [-0.1, -0.05) is 18.2 Å². The van der Waals surface area contributed by atoms with Crippen molar-refractivity contribution in [3.8, 4) is 0 Å². The van der Waals surface area contributed by atoms with E-state index in [4.69, 9.17) is 0 Å². The van der Waals surface area contributed by atoms with Crippen molar-refractivity contribution in [1.29, 1.82) is 0 Å². The Kier molecular flexibility index (Phi) is 5.70. The third kappa shape index (κ3) is 5.89. The first-order valence-corrected chi connectivity index (χ1v) is 5.63. The van der Waals surface area contributed by atoms with Crippen LogP contribution in [0.5, 0.6) is 0 Å². The number of cyclic esters (lactones) is 1. The van der Waals surface area contributed by atoms with Gasteiger partial charge in [-0.25, -0.2) is 0 Å². The fraction of sp³-hybridized carbons (Fsp3) is 0.385. The third-order valence-corrected chi connectivity index (χ3v) is 2.25. The van der Waals surface area contributed by atoms with Gasteiger partial charge in [0.25, 0.3) is 0 Å². The predicted molar refractivity (Wildman–Crippen MR) is 62.7 cm³/mol. The van der Waals surface area contributed by atoms with E-state index in [0.717, 1.165) is 0 Å². The maximum Gasteiger partial charge on any atom is 0.306 e. The molecule has 5 nitrogen and oxygen atoms in total. The van der Waals surface area contributed by atoms with E-state index in [-0.39, 0.29) is 37.2 Å². The predicted octanol–water partition coefficient (Wildman–Crippen LogP) is 0.923. The summed E-state index contributed by atoms with van der Waals surface area (Å²) in [6.45, 7) is -0.414. The summed E-state index contributed by atoms with van der Waals surface area (Å²) in [5.74, 6) is -1.50. The van der Waals surface area contributed by atoms with Crippen LogP contribution in [-0.4, -0.2) is 29.9 Å². The minimum atomic E-state index is -0.597. The third-order valence-electron chi connectivity index (χ3n) is 2.25. The zero-order valence-electron chi connectivity index (χ0n) is 9.89. The van der Waals surface area contributed by atoms with Crippen molar-refractivity contribution >= 4 is 23.3 Å². The number of Topliss-reactive ketones (excluding diaryl/α,β-unsaturated/α-hetero) is 2. The van der Waals surface area contributed by atoms with Crippen molar-refractivity contribution in [2.75, 3.05) is 6.61 Å². The summed E-state index contributed by atoms with van der Waals surface area (Å²) in [5, 5.41) is 0. The summed E-state index contributed by atoms with van der Waals surface area (Å²) < 4.78 is 4.66. The summed E-state index contributed by atoms with van der Waals surface area (Å²) in [6.07, 6.45) is 5.91. The van der Waals surface area contributed by atoms with Crippen LogP contribution in [0.2, 0.25) is 0 Å². The van der Waals surface area contributed by atoms with Gasteiger partial charge < -0.3 is 4.74 Å². The Labute approximate surface area is 104 Å². The first kappa shape index (κ1) is 14.0. The summed E-state index contributed by atoms with van der Waals surface area (Å²) in [5.41, 5.74) is 0. The molecule has 0 spiro atoms. The molecule has 0 radical (unpaired) electrons. The number of ether oxygens (including phenoxy) is 1. The highest BCUT2D eigenvalue weighted by molar-refractivity contribution is 6.05. The molecule has 0 aromatic rings. The lowest BCUT2D eigenvalue weighted by atomic mass is 10.1. The molecule has 18 heavy (non-hydrogen) atoms. The van der Waals surface area contributed by atoms with Crippen LogP contribution in [0.25, 0.3) is 0 Å². The second-order valence-corrected chi connectivity index (χ2v) is 3.87. The lowest BCUT2D eigenvalue weighted by Crippen LogP contribution is -2.17. The molecule has 1 aliphatic heterocycles. The molecule has 0 aromatic heterocycles. The van der Waals surface area contributed by atoms with Gasteiger partial charge in [-0.15, -0.1) is 0 Å². The summed E-state index contributed by atoms with van der Waals surface area (Å²) in [7, 11) is 0. The Hall–Kier alpha value is -2.04. The van der Waals surface area contributed by atoms with Gasteiger partial charge in [0.15, 0.2) is 11.6 Å². The van der Waals surface area contributed by atoms with Crippen LogP contribution in [0, 0.1) is 0 Å². The SMILES string of the molecule is O=C1/C=C\C=C/CC(=O)CCC(=O)OCC(=O)C1. The number of carbonyl (C=O) groups excluding carboxylic acids is 4. The number of carbonyl (C=O) groups is 4. The van der Waals surface area contributed by atoms with Crippen molar-refractivity contribution in [3.05, 3.63) is 24.3 Å². The van der Waals surface area contributed by atoms with Gasteiger partial charge in [-0.2, -0.15) is 0 Å². The molecule has 0 N–H and O–H groups in total.